The second-order valence-electron chi connectivity index (χ2n) is 8.14. The minimum atomic E-state index is -0.199. The van der Waals surface area contributed by atoms with Crippen molar-refractivity contribution in [2.75, 3.05) is 5.32 Å². The largest absolute Gasteiger partial charge is 0.353 e. The maximum absolute atomic E-state index is 12.5. The lowest BCUT2D eigenvalue weighted by atomic mass is 10.1. The molecular formula is C27H19N7O2S. The molecule has 0 aliphatic rings. The first-order valence-electron chi connectivity index (χ1n) is 11.4. The molecule has 180 valence electrons. The third kappa shape index (κ3) is 5.04. The van der Waals surface area contributed by atoms with Crippen molar-refractivity contribution in [3.63, 3.8) is 0 Å². The van der Waals surface area contributed by atoms with Gasteiger partial charge in [0.2, 0.25) is 5.91 Å². The van der Waals surface area contributed by atoms with E-state index in [0.717, 1.165) is 33.1 Å². The van der Waals surface area contributed by atoms with Crippen molar-refractivity contribution >= 4 is 22.9 Å². The van der Waals surface area contributed by atoms with E-state index in [0.29, 0.717) is 17.1 Å². The van der Waals surface area contributed by atoms with Crippen molar-refractivity contribution in [1.82, 2.24) is 30.1 Å². The van der Waals surface area contributed by atoms with Crippen molar-refractivity contribution in [2.24, 2.45) is 0 Å². The number of benzene rings is 2. The van der Waals surface area contributed by atoms with Gasteiger partial charge < -0.3 is 9.84 Å². The van der Waals surface area contributed by atoms with Crippen molar-refractivity contribution in [1.29, 1.82) is 0 Å². The molecule has 0 radical (unpaired) electrons. The lowest BCUT2D eigenvalue weighted by Crippen LogP contribution is -2.19. The minimum Gasteiger partial charge on any atom is -0.353 e. The predicted molar refractivity (Wildman–Crippen MR) is 140 cm³/mol. The number of carbonyl (C=O) groups is 1. The summed E-state index contributed by atoms with van der Waals surface area (Å²) in [6.45, 7) is 0.0591. The molecule has 0 unspecified atom stereocenters. The second-order valence-corrected chi connectivity index (χ2v) is 9.00. The number of thiazole rings is 1. The maximum Gasteiger partial charge on any atom is 0.246 e. The monoisotopic (exact) mass is 505 g/mol. The van der Waals surface area contributed by atoms with Gasteiger partial charge in [0, 0.05) is 46.2 Å². The summed E-state index contributed by atoms with van der Waals surface area (Å²) in [5.74, 6) is 0.398. The molecule has 9 nitrogen and oxygen atoms in total. The second kappa shape index (κ2) is 9.96. The summed E-state index contributed by atoms with van der Waals surface area (Å²) in [6.07, 6.45) is 5.23. The van der Waals surface area contributed by atoms with Crippen LogP contribution in [-0.4, -0.2) is 36.0 Å². The zero-order chi connectivity index (χ0) is 25.0. The van der Waals surface area contributed by atoms with E-state index >= 15 is 0 Å². The van der Waals surface area contributed by atoms with Crippen LogP contribution in [-0.2, 0) is 11.3 Å². The number of pyridine rings is 1. The quantitative estimate of drug-likeness (QED) is 0.308. The van der Waals surface area contributed by atoms with Gasteiger partial charge in [-0.15, -0.1) is 16.4 Å². The normalized spacial score (nSPS) is 10.9. The van der Waals surface area contributed by atoms with E-state index in [1.54, 1.807) is 18.6 Å². The van der Waals surface area contributed by atoms with Crippen LogP contribution in [0.2, 0.25) is 0 Å². The third-order valence-corrected chi connectivity index (χ3v) is 6.44. The van der Waals surface area contributed by atoms with Gasteiger partial charge in [-0.1, -0.05) is 52.8 Å². The van der Waals surface area contributed by atoms with E-state index in [-0.39, 0.29) is 12.5 Å². The van der Waals surface area contributed by atoms with Gasteiger partial charge in [0.1, 0.15) is 17.9 Å². The van der Waals surface area contributed by atoms with E-state index in [4.69, 9.17) is 4.52 Å². The van der Waals surface area contributed by atoms with Crippen LogP contribution in [0.15, 0.2) is 101 Å². The molecule has 0 bridgehead atoms. The molecule has 0 spiro atoms. The molecule has 0 saturated carbocycles. The Morgan fingerprint density at radius 3 is 2.46 bits per heavy atom. The Morgan fingerprint density at radius 1 is 0.892 bits per heavy atom. The van der Waals surface area contributed by atoms with Gasteiger partial charge in [0.15, 0.2) is 10.8 Å². The van der Waals surface area contributed by atoms with Crippen LogP contribution in [0.3, 0.4) is 0 Å². The van der Waals surface area contributed by atoms with Crippen LogP contribution < -0.4 is 5.32 Å². The zero-order valence-corrected chi connectivity index (χ0v) is 20.2. The van der Waals surface area contributed by atoms with Crippen LogP contribution in [0, 0.1) is 0 Å². The number of nitrogens with zero attached hydrogens (tertiary/aromatic N) is 6. The summed E-state index contributed by atoms with van der Waals surface area (Å²) in [6, 6.07) is 22.8. The predicted octanol–water partition coefficient (Wildman–Crippen LogP) is 5.42. The van der Waals surface area contributed by atoms with Crippen LogP contribution in [0.5, 0.6) is 0 Å². The Kier molecular flexibility index (Phi) is 6.05. The molecule has 10 heteroatoms. The SMILES string of the molecule is O=C(Cn1cc(-c2ccccc2)nn1)Nc1ccc(-c2cc(-c3nc(-c4ccncc4)cs3)on2)cc1. The van der Waals surface area contributed by atoms with E-state index in [1.165, 1.54) is 16.0 Å². The van der Waals surface area contributed by atoms with Crippen LogP contribution in [0.25, 0.3) is 44.5 Å². The minimum absolute atomic E-state index is 0.0591. The summed E-state index contributed by atoms with van der Waals surface area (Å²) in [7, 11) is 0. The summed E-state index contributed by atoms with van der Waals surface area (Å²) in [4.78, 5) is 21.2. The van der Waals surface area contributed by atoms with Gasteiger partial charge >= 0.3 is 0 Å². The Balaban J connectivity index is 1.09. The lowest BCUT2D eigenvalue weighted by Gasteiger charge is -2.05. The molecule has 4 heterocycles. The molecule has 37 heavy (non-hydrogen) atoms. The fourth-order valence-electron chi connectivity index (χ4n) is 3.74. The van der Waals surface area contributed by atoms with E-state index < -0.39 is 0 Å². The number of hydrogen-bond donors (Lipinski definition) is 1. The van der Waals surface area contributed by atoms with Crippen LogP contribution in [0.1, 0.15) is 0 Å². The molecule has 6 rings (SSSR count). The Morgan fingerprint density at radius 2 is 1.65 bits per heavy atom. The summed E-state index contributed by atoms with van der Waals surface area (Å²) in [5.41, 5.74) is 5.74. The highest BCUT2D eigenvalue weighted by Gasteiger charge is 2.14. The molecule has 0 aliphatic heterocycles. The molecule has 6 aromatic rings. The summed E-state index contributed by atoms with van der Waals surface area (Å²) >= 11 is 1.49. The van der Waals surface area contributed by atoms with Crippen molar-refractivity contribution in [3.05, 3.63) is 96.8 Å². The first kappa shape index (κ1) is 22.5. The van der Waals surface area contributed by atoms with Gasteiger partial charge in [0.05, 0.1) is 11.9 Å². The average molecular weight is 506 g/mol. The third-order valence-electron chi connectivity index (χ3n) is 5.58. The number of anilines is 1. The van der Waals surface area contributed by atoms with Crippen molar-refractivity contribution < 1.29 is 9.32 Å². The van der Waals surface area contributed by atoms with E-state index in [1.807, 2.05) is 78.2 Å². The van der Waals surface area contributed by atoms with Gasteiger partial charge in [-0.3, -0.25) is 9.78 Å². The standard InChI is InChI=1S/C27H19N7O2S/c35-26(16-34-15-23(31-33-34)18-4-2-1-3-5-18)29-21-8-6-19(7-9-21)22-14-25(36-32-22)27-30-24(17-37-27)20-10-12-28-13-11-20/h1-15,17H,16H2,(H,29,35). The molecule has 0 fully saturated rings. The first-order valence-corrected chi connectivity index (χ1v) is 12.3. The van der Waals surface area contributed by atoms with E-state index in [9.17, 15) is 4.79 Å². The van der Waals surface area contributed by atoms with E-state index in [2.05, 4.69) is 30.8 Å². The van der Waals surface area contributed by atoms with Gasteiger partial charge in [-0.25, -0.2) is 9.67 Å². The molecule has 0 saturated heterocycles. The lowest BCUT2D eigenvalue weighted by molar-refractivity contribution is -0.116. The summed E-state index contributed by atoms with van der Waals surface area (Å²) in [5, 5.41) is 18.0. The van der Waals surface area contributed by atoms with Crippen LogP contribution in [0.4, 0.5) is 5.69 Å². The molecule has 0 aliphatic carbocycles. The average Bonchev–Trinajstić information content (AvgIpc) is 3.71. The first-order chi connectivity index (χ1) is 18.2. The highest BCUT2D eigenvalue weighted by molar-refractivity contribution is 7.13. The Bertz CT molecular complexity index is 1640. The topological polar surface area (TPSA) is 112 Å². The van der Waals surface area contributed by atoms with Gasteiger partial charge in [0.25, 0.3) is 0 Å². The smallest absolute Gasteiger partial charge is 0.246 e. The molecule has 1 amide bonds. The number of nitrogens with one attached hydrogen (secondary N) is 1. The fourth-order valence-corrected chi connectivity index (χ4v) is 4.52. The molecule has 1 N–H and O–H groups in total. The van der Waals surface area contributed by atoms with Gasteiger partial charge in [-0.05, 0) is 24.3 Å². The number of rotatable bonds is 7. The highest BCUT2D eigenvalue weighted by Crippen LogP contribution is 2.31. The Labute approximate surface area is 215 Å². The molecular weight excluding hydrogens is 486 g/mol. The number of carbonyl (C=O) groups excluding carboxylic acids is 1. The Hall–Kier alpha value is -4.96. The number of aromatic nitrogens is 6. The molecule has 0 atom stereocenters. The molecule has 4 aromatic heterocycles. The summed E-state index contributed by atoms with van der Waals surface area (Å²) < 4.78 is 7.07. The molecule has 2 aromatic carbocycles. The zero-order valence-electron chi connectivity index (χ0n) is 19.4. The van der Waals surface area contributed by atoms with Crippen LogP contribution >= 0.6 is 11.3 Å². The highest BCUT2D eigenvalue weighted by atomic mass is 32.1. The number of amides is 1. The van der Waals surface area contributed by atoms with Crippen molar-refractivity contribution in [3.8, 4) is 44.5 Å². The number of hydrogen-bond acceptors (Lipinski definition) is 8. The fraction of sp³-hybridized carbons (Fsp3) is 0.0370. The maximum atomic E-state index is 12.5. The van der Waals surface area contributed by atoms with Gasteiger partial charge in [-0.2, -0.15) is 0 Å². The van der Waals surface area contributed by atoms with Crippen molar-refractivity contribution in [2.45, 2.75) is 6.54 Å².